The first-order valence-electron chi connectivity index (χ1n) is 8.28. The van der Waals surface area contributed by atoms with Gasteiger partial charge in [0, 0.05) is 24.4 Å². The third-order valence-corrected chi connectivity index (χ3v) is 4.74. The van der Waals surface area contributed by atoms with Crippen molar-refractivity contribution in [3.63, 3.8) is 0 Å². The number of nitrogens with one attached hydrogen (secondary N) is 1. The summed E-state index contributed by atoms with van der Waals surface area (Å²) in [5, 5.41) is 10.7. The lowest BCUT2D eigenvalue weighted by molar-refractivity contribution is -0.112. The molecule has 1 aliphatic heterocycles. The molecule has 2 aromatic carbocycles. The predicted octanol–water partition coefficient (Wildman–Crippen LogP) is 3.21. The maximum absolute atomic E-state index is 10.9. The van der Waals surface area contributed by atoms with E-state index in [1.54, 1.807) is 6.92 Å². The molecule has 1 heterocycles. The molecule has 0 radical (unpaired) electrons. The van der Waals surface area contributed by atoms with Crippen molar-refractivity contribution in [1.82, 2.24) is 5.48 Å². The summed E-state index contributed by atoms with van der Waals surface area (Å²) in [6, 6.07) is 14.2. The molecule has 3 rings (SSSR count). The third-order valence-electron chi connectivity index (χ3n) is 4.74. The second-order valence-electron chi connectivity index (χ2n) is 6.59. The van der Waals surface area contributed by atoms with E-state index in [0.717, 1.165) is 47.3 Å². The predicted molar refractivity (Wildman–Crippen MR) is 93.0 cm³/mol. The van der Waals surface area contributed by atoms with Gasteiger partial charge in [-0.3, -0.25) is 0 Å². The zero-order valence-corrected chi connectivity index (χ0v) is 14.1. The molecule has 4 heteroatoms. The SMILES string of the molecule is Cc1ccc(C2CCNOc3ccccc32)cc1C(C)(O)CC=O. The fraction of sp³-hybridized carbons (Fsp3) is 0.350. The molecule has 0 saturated carbocycles. The maximum atomic E-state index is 10.9. The van der Waals surface area contributed by atoms with Crippen molar-refractivity contribution in [3.05, 3.63) is 64.7 Å². The molecule has 0 fully saturated rings. The fourth-order valence-corrected chi connectivity index (χ4v) is 3.40. The Kier molecular flexibility index (Phi) is 4.69. The number of hydrogen-bond acceptors (Lipinski definition) is 4. The van der Waals surface area contributed by atoms with E-state index in [9.17, 15) is 9.90 Å². The van der Waals surface area contributed by atoms with Gasteiger partial charge in [0.2, 0.25) is 0 Å². The van der Waals surface area contributed by atoms with E-state index in [1.807, 2.05) is 37.3 Å². The lowest BCUT2D eigenvalue weighted by Crippen LogP contribution is -2.23. The molecule has 2 atom stereocenters. The number of aliphatic hydroxyl groups is 1. The minimum absolute atomic E-state index is 0.0865. The summed E-state index contributed by atoms with van der Waals surface area (Å²) in [5.74, 6) is 1.02. The molecule has 4 nitrogen and oxygen atoms in total. The van der Waals surface area contributed by atoms with Crippen LogP contribution in [0.4, 0.5) is 0 Å². The Morgan fingerprint density at radius 1 is 1.33 bits per heavy atom. The standard InChI is InChI=1S/C20H23NO3/c1-14-7-8-15(13-18(14)20(2,23)10-12-22)16-9-11-21-24-19-6-4-3-5-17(16)19/h3-8,12-13,16,21,23H,9-11H2,1-2H3. The van der Waals surface area contributed by atoms with Gasteiger partial charge in [-0.05, 0) is 43.0 Å². The molecular weight excluding hydrogens is 302 g/mol. The monoisotopic (exact) mass is 325 g/mol. The van der Waals surface area contributed by atoms with Gasteiger partial charge in [-0.1, -0.05) is 36.4 Å². The van der Waals surface area contributed by atoms with Crippen molar-refractivity contribution in [3.8, 4) is 5.75 Å². The highest BCUT2D eigenvalue weighted by atomic mass is 16.6. The molecule has 2 aromatic rings. The second-order valence-corrected chi connectivity index (χ2v) is 6.59. The molecule has 24 heavy (non-hydrogen) atoms. The summed E-state index contributed by atoms with van der Waals surface area (Å²) < 4.78 is 0. The number of hydroxylamine groups is 1. The number of aldehydes is 1. The highest BCUT2D eigenvalue weighted by Crippen LogP contribution is 2.37. The summed E-state index contributed by atoms with van der Waals surface area (Å²) in [6.07, 6.45) is 1.75. The van der Waals surface area contributed by atoms with Gasteiger partial charge in [0.15, 0.2) is 5.75 Å². The highest BCUT2D eigenvalue weighted by Gasteiger charge is 2.27. The summed E-state index contributed by atoms with van der Waals surface area (Å²) in [5.41, 5.74) is 5.89. The van der Waals surface area contributed by atoms with E-state index in [-0.39, 0.29) is 12.3 Å². The highest BCUT2D eigenvalue weighted by molar-refractivity contribution is 5.54. The van der Waals surface area contributed by atoms with E-state index >= 15 is 0 Å². The zero-order chi connectivity index (χ0) is 17.2. The van der Waals surface area contributed by atoms with Crippen LogP contribution < -0.4 is 10.3 Å². The smallest absolute Gasteiger partial charge is 0.150 e. The van der Waals surface area contributed by atoms with Crippen LogP contribution in [0.15, 0.2) is 42.5 Å². The molecule has 0 amide bonds. The quantitative estimate of drug-likeness (QED) is 0.848. The molecule has 0 saturated heterocycles. The summed E-state index contributed by atoms with van der Waals surface area (Å²) in [7, 11) is 0. The van der Waals surface area contributed by atoms with Gasteiger partial charge in [0.1, 0.15) is 6.29 Å². The van der Waals surface area contributed by atoms with E-state index in [1.165, 1.54) is 0 Å². The van der Waals surface area contributed by atoms with Crippen LogP contribution in [0.25, 0.3) is 0 Å². The Balaban J connectivity index is 2.06. The van der Waals surface area contributed by atoms with Crippen molar-refractivity contribution in [2.24, 2.45) is 0 Å². The Morgan fingerprint density at radius 3 is 2.92 bits per heavy atom. The van der Waals surface area contributed by atoms with Crippen molar-refractivity contribution in [1.29, 1.82) is 0 Å². The minimum atomic E-state index is -1.15. The van der Waals surface area contributed by atoms with E-state index in [0.29, 0.717) is 0 Å². The van der Waals surface area contributed by atoms with Crippen molar-refractivity contribution in [2.45, 2.75) is 38.2 Å². The average Bonchev–Trinajstić information content (AvgIpc) is 2.77. The molecule has 126 valence electrons. The molecule has 0 aliphatic carbocycles. The van der Waals surface area contributed by atoms with Crippen LogP contribution >= 0.6 is 0 Å². The van der Waals surface area contributed by atoms with Crippen LogP contribution in [-0.2, 0) is 10.4 Å². The summed E-state index contributed by atoms with van der Waals surface area (Å²) >= 11 is 0. The number of benzene rings is 2. The lowest BCUT2D eigenvalue weighted by atomic mass is 9.82. The van der Waals surface area contributed by atoms with E-state index in [2.05, 4.69) is 17.6 Å². The first-order chi connectivity index (χ1) is 11.5. The molecular formula is C20H23NO3. The van der Waals surface area contributed by atoms with Crippen LogP contribution in [0.5, 0.6) is 5.75 Å². The van der Waals surface area contributed by atoms with Gasteiger partial charge in [-0.2, -0.15) is 5.48 Å². The Bertz CT molecular complexity index is 739. The second kappa shape index (κ2) is 6.75. The van der Waals surface area contributed by atoms with E-state index < -0.39 is 5.60 Å². The van der Waals surface area contributed by atoms with Crippen LogP contribution in [0.1, 0.15) is 47.9 Å². The fourth-order valence-electron chi connectivity index (χ4n) is 3.40. The average molecular weight is 325 g/mol. The Morgan fingerprint density at radius 2 is 2.12 bits per heavy atom. The van der Waals surface area contributed by atoms with Crippen LogP contribution in [0, 0.1) is 6.92 Å². The lowest BCUT2D eigenvalue weighted by Gasteiger charge is -2.26. The van der Waals surface area contributed by atoms with Gasteiger partial charge >= 0.3 is 0 Å². The maximum Gasteiger partial charge on any atom is 0.150 e. The summed E-state index contributed by atoms with van der Waals surface area (Å²) in [4.78, 5) is 16.5. The summed E-state index contributed by atoms with van der Waals surface area (Å²) in [6.45, 7) is 4.40. The minimum Gasteiger partial charge on any atom is -0.408 e. The van der Waals surface area contributed by atoms with E-state index in [4.69, 9.17) is 4.84 Å². The number of para-hydroxylation sites is 1. The third kappa shape index (κ3) is 3.21. The van der Waals surface area contributed by atoms with Crippen LogP contribution in [0.3, 0.4) is 0 Å². The van der Waals surface area contributed by atoms with Gasteiger partial charge < -0.3 is 14.7 Å². The first kappa shape index (κ1) is 16.7. The number of carbonyl (C=O) groups excluding carboxylic acids is 1. The van der Waals surface area contributed by atoms with Gasteiger partial charge in [-0.25, -0.2) is 0 Å². The molecule has 2 N–H and O–H groups in total. The normalized spacial score (nSPS) is 19.5. The topological polar surface area (TPSA) is 58.6 Å². The van der Waals surface area contributed by atoms with Gasteiger partial charge in [0.25, 0.3) is 0 Å². The largest absolute Gasteiger partial charge is 0.408 e. The number of carbonyl (C=O) groups is 1. The Labute approximate surface area is 142 Å². The molecule has 2 unspecified atom stereocenters. The molecule has 0 spiro atoms. The number of rotatable bonds is 4. The Hall–Kier alpha value is -2.17. The molecule has 0 aromatic heterocycles. The van der Waals surface area contributed by atoms with Crippen molar-refractivity contribution in [2.75, 3.05) is 6.54 Å². The first-order valence-corrected chi connectivity index (χ1v) is 8.28. The number of aryl methyl sites for hydroxylation is 1. The molecule has 1 aliphatic rings. The van der Waals surface area contributed by atoms with Crippen LogP contribution in [0.2, 0.25) is 0 Å². The number of hydrogen-bond donors (Lipinski definition) is 2. The van der Waals surface area contributed by atoms with Gasteiger partial charge in [0.05, 0.1) is 5.60 Å². The van der Waals surface area contributed by atoms with Gasteiger partial charge in [-0.15, -0.1) is 0 Å². The van der Waals surface area contributed by atoms with Crippen LogP contribution in [-0.4, -0.2) is 17.9 Å². The molecule has 0 bridgehead atoms. The van der Waals surface area contributed by atoms with Crippen molar-refractivity contribution >= 4 is 6.29 Å². The number of fused-ring (bicyclic) bond motifs is 1. The van der Waals surface area contributed by atoms with Crippen molar-refractivity contribution < 1.29 is 14.7 Å². The zero-order valence-electron chi connectivity index (χ0n) is 14.1.